The maximum absolute atomic E-state index is 5.99. The molecule has 0 atom stereocenters. The fourth-order valence-corrected chi connectivity index (χ4v) is 3.52. The van der Waals surface area contributed by atoms with E-state index >= 15 is 0 Å². The van der Waals surface area contributed by atoms with Gasteiger partial charge in [-0.25, -0.2) is 4.98 Å². The molecule has 0 saturated carbocycles. The predicted molar refractivity (Wildman–Crippen MR) is 91.1 cm³/mol. The van der Waals surface area contributed by atoms with Gasteiger partial charge in [-0.05, 0) is 24.3 Å². The van der Waals surface area contributed by atoms with Gasteiger partial charge in [-0.15, -0.1) is 11.3 Å². The van der Waals surface area contributed by atoms with Crippen LogP contribution in [0.4, 0.5) is 5.82 Å². The van der Waals surface area contributed by atoms with Crippen LogP contribution < -0.4 is 10.6 Å². The number of para-hydroxylation sites is 1. The highest BCUT2D eigenvalue weighted by molar-refractivity contribution is 7.16. The Labute approximate surface area is 133 Å². The smallest absolute Gasteiger partial charge is 0.133 e. The van der Waals surface area contributed by atoms with Crippen LogP contribution in [0.1, 0.15) is 10.4 Å². The largest absolute Gasteiger partial charge is 0.354 e. The Morgan fingerprint density at radius 3 is 2.76 bits per heavy atom. The van der Waals surface area contributed by atoms with Crippen molar-refractivity contribution in [3.05, 3.63) is 57.2 Å². The summed E-state index contributed by atoms with van der Waals surface area (Å²) in [5.74, 6) is 0.931. The lowest BCUT2D eigenvalue weighted by Crippen LogP contribution is -2.20. The minimum Gasteiger partial charge on any atom is -0.354 e. The van der Waals surface area contributed by atoms with Crippen LogP contribution in [0.2, 0.25) is 4.34 Å². The van der Waals surface area contributed by atoms with E-state index in [0.29, 0.717) is 6.54 Å². The third-order valence-electron chi connectivity index (χ3n) is 3.38. The number of nitrogens with zero attached hydrogens (tertiary/aromatic N) is 2. The normalized spacial score (nSPS) is 11.0. The van der Waals surface area contributed by atoms with Crippen LogP contribution in [0.15, 0.2) is 42.5 Å². The number of anilines is 1. The molecule has 0 amide bonds. The maximum atomic E-state index is 5.99. The number of rotatable bonds is 4. The first kappa shape index (κ1) is 14.3. The molecule has 0 saturated heterocycles. The first-order chi connectivity index (χ1) is 10.2. The number of aromatic nitrogens is 1. The molecule has 0 bridgehead atoms. The average molecular weight is 318 g/mol. The van der Waals surface area contributed by atoms with Crippen LogP contribution in [-0.4, -0.2) is 12.0 Å². The molecular formula is C16H16ClN3S. The van der Waals surface area contributed by atoms with Gasteiger partial charge in [0.2, 0.25) is 0 Å². The third-order valence-corrected chi connectivity index (χ3v) is 4.60. The average Bonchev–Trinajstić information content (AvgIpc) is 2.90. The molecule has 2 heterocycles. The molecule has 0 unspecified atom stereocenters. The maximum Gasteiger partial charge on any atom is 0.133 e. The zero-order valence-corrected chi connectivity index (χ0v) is 13.3. The van der Waals surface area contributed by atoms with E-state index in [0.717, 1.165) is 33.2 Å². The van der Waals surface area contributed by atoms with E-state index in [1.54, 1.807) is 11.3 Å². The summed E-state index contributed by atoms with van der Waals surface area (Å²) in [4.78, 5) is 8.10. The number of thiophene rings is 1. The summed E-state index contributed by atoms with van der Waals surface area (Å²) >= 11 is 7.58. The van der Waals surface area contributed by atoms with Gasteiger partial charge in [0.05, 0.1) is 16.4 Å². The van der Waals surface area contributed by atoms with Crippen molar-refractivity contribution < 1.29 is 0 Å². The van der Waals surface area contributed by atoms with Crippen molar-refractivity contribution >= 4 is 39.7 Å². The predicted octanol–water partition coefficient (Wildman–Crippen LogP) is 4.04. The van der Waals surface area contributed by atoms with Crippen LogP contribution in [0.5, 0.6) is 0 Å². The summed E-state index contributed by atoms with van der Waals surface area (Å²) in [5.41, 5.74) is 7.93. The molecule has 108 valence electrons. The van der Waals surface area contributed by atoms with E-state index in [1.165, 1.54) is 4.88 Å². The van der Waals surface area contributed by atoms with Gasteiger partial charge in [-0.1, -0.05) is 29.8 Å². The molecule has 0 aliphatic carbocycles. The lowest BCUT2D eigenvalue weighted by atomic mass is 10.1. The molecule has 5 heteroatoms. The Bertz CT molecular complexity index is 769. The van der Waals surface area contributed by atoms with Gasteiger partial charge in [0.1, 0.15) is 5.82 Å². The molecule has 3 nitrogen and oxygen atoms in total. The Morgan fingerprint density at radius 1 is 1.24 bits per heavy atom. The molecule has 2 aromatic heterocycles. The summed E-state index contributed by atoms with van der Waals surface area (Å²) in [7, 11) is 2.03. The number of nitrogens with two attached hydrogens (primary N) is 1. The van der Waals surface area contributed by atoms with Crippen molar-refractivity contribution in [2.24, 2.45) is 5.73 Å². The Morgan fingerprint density at radius 2 is 2.05 bits per heavy atom. The summed E-state index contributed by atoms with van der Waals surface area (Å²) in [6.45, 7) is 1.25. The van der Waals surface area contributed by atoms with Crippen molar-refractivity contribution in [2.75, 3.05) is 11.9 Å². The van der Waals surface area contributed by atoms with Crippen molar-refractivity contribution in [3.8, 4) is 0 Å². The lowest BCUT2D eigenvalue weighted by Gasteiger charge is -2.21. The van der Waals surface area contributed by atoms with Crippen molar-refractivity contribution in [1.29, 1.82) is 0 Å². The fourth-order valence-electron chi connectivity index (χ4n) is 2.38. The number of halogens is 1. The molecule has 0 spiro atoms. The molecule has 0 radical (unpaired) electrons. The van der Waals surface area contributed by atoms with Crippen LogP contribution in [0.3, 0.4) is 0 Å². The number of hydrogen-bond donors (Lipinski definition) is 1. The second kappa shape index (κ2) is 6.02. The van der Waals surface area contributed by atoms with Gasteiger partial charge in [0, 0.05) is 29.4 Å². The van der Waals surface area contributed by atoms with Crippen LogP contribution >= 0.6 is 22.9 Å². The molecule has 3 aromatic rings. The first-order valence-corrected chi connectivity index (χ1v) is 7.91. The third kappa shape index (κ3) is 3.02. The monoisotopic (exact) mass is 317 g/mol. The number of pyridine rings is 1. The van der Waals surface area contributed by atoms with E-state index in [9.17, 15) is 0 Å². The van der Waals surface area contributed by atoms with E-state index in [2.05, 4.69) is 17.0 Å². The topological polar surface area (TPSA) is 42.2 Å². The fraction of sp³-hybridized carbons (Fsp3) is 0.188. The zero-order chi connectivity index (χ0) is 14.8. The molecule has 21 heavy (non-hydrogen) atoms. The summed E-state index contributed by atoms with van der Waals surface area (Å²) in [6.07, 6.45) is 0. The molecule has 3 rings (SSSR count). The Kier molecular flexibility index (Phi) is 4.10. The van der Waals surface area contributed by atoms with Crippen LogP contribution in [0, 0.1) is 0 Å². The lowest BCUT2D eigenvalue weighted by molar-refractivity contribution is 0.894. The van der Waals surface area contributed by atoms with Crippen molar-refractivity contribution in [2.45, 2.75) is 13.1 Å². The van der Waals surface area contributed by atoms with E-state index in [1.807, 2.05) is 37.4 Å². The molecule has 0 aliphatic rings. The molecule has 0 fully saturated rings. The molecule has 2 N–H and O–H groups in total. The number of benzene rings is 1. The highest BCUT2D eigenvalue weighted by Gasteiger charge is 2.11. The van der Waals surface area contributed by atoms with E-state index in [4.69, 9.17) is 22.3 Å². The second-order valence-corrected chi connectivity index (χ2v) is 6.73. The molecule has 0 aliphatic heterocycles. The Hall–Kier alpha value is -1.62. The zero-order valence-electron chi connectivity index (χ0n) is 11.7. The standard InChI is InChI=1S/C16H16ClN3S/c1-20(10-13-6-7-15(17)21-13)16-12(9-18)8-11-4-2-3-5-14(11)19-16/h2-8H,9-10,18H2,1H3. The van der Waals surface area contributed by atoms with Gasteiger partial charge < -0.3 is 10.6 Å². The summed E-state index contributed by atoms with van der Waals surface area (Å²) < 4.78 is 0.809. The SMILES string of the molecule is CN(Cc1ccc(Cl)s1)c1nc2ccccc2cc1CN. The number of hydrogen-bond acceptors (Lipinski definition) is 4. The van der Waals surface area contributed by atoms with Crippen LogP contribution in [-0.2, 0) is 13.1 Å². The number of fused-ring (bicyclic) bond motifs is 1. The van der Waals surface area contributed by atoms with Gasteiger partial charge >= 0.3 is 0 Å². The first-order valence-electron chi connectivity index (χ1n) is 6.71. The van der Waals surface area contributed by atoms with E-state index < -0.39 is 0 Å². The minimum absolute atomic E-state index is 0.475. The van der Waals surface area contributed by atoms with Crippen molar-refractivity contribution in [3.63, 3.8) is 0 Å². The summed E-state index contributed by atoms with van der Waals surface area (Å²) in [5, 5.41) is 1.12. The minimum atomic E-state index is 0.475. The highest BCUT2D eigenvalue weighted by atomic mass is 35.5. The second-order valence-electron chi connectivity index (χ2n) is 4.93. The van der Waals surface area contributed by atoms with Gasteiger partial charge in [-0.3, -0.25) is 0 Å². The molecular weight excluding hydrogens is 302 g/mol. The Balaban J connectivity index is 1.97. The quantitative estimate of drug-likeness (QED) is 0.789. The van der Waals surface area contributed by atoms with Crippen molar-refractivity contribution in [1.82, 2.24) is 4.98 Å². The van der Waals surface area contributed by atoms with E-state index in [-0.39, 0.29) is 0 Å². The highest BCUT2D eigenvalue weighted by Crippen LogP contribution is 2.27. The van der Waals surface area contributed by atoms with Gasteiger partial charge in [0.25, 0.3) is 0 Å². The van der Waals surface area contributed by atoms with Crippen LogP contribution in [0.25, 0.3) is 10.9 Å². The summed E-state index contributed by atoms with van der Waals surface area (Å²) in [6, 6.07) is 14.2. The molecule has 1 aromatic carbocycles. The van der Waals surface area contributed by atoms with Gasteiger partial charge in [0.15, 0.2) is 0 Å². The van der Waals surface area contributed by atoms with Gasteiger partial charge in [-0.2, -0.15) is 0 Å².